The second kappa shape index (κ2) is 6.89. The Kier molecular flexibility index (Phi) is 4.94. The number of nitrogens with two attached hydrogens (primary N) is 1. The largest absolute Gasteiger partial charge is 0.478 e. The first-order valence-corrected chi connectivity index (χ1v) is 7.30. The summed E-state index contributed by atoms with van der Waals surface area (Å²) in [6.45, 7) is 2.06. The molecule has 0 amide bonds. The second-order valence-electron chi connectivity index (χ2n) is 5.16. The highest BCUT2D eigenvalue weighted by atomic mass is 16.4. The molecule has 2 rings (SSSR count). The van der Waals surface area contributed by atoms with Gasteiger partial charge in [0.2, 0.25) is 0 Å². The minimum atomic E-state index is -1.12. The van der Waals surface area contributed by atoms with Crippen LogP contribution in [0.4, 0.5) is 5.69 Å². The Morgan fingerprint density at radius 3 is 2.36 bits per heavy atom. The van der Waals surface area contributed by atoms with Crippen molar-refractivity contribution in [1.82, 2.24) is 0 Å². The summed E-state index contributed by atoms with van der Waals surface area (Å²) >= 11 is 0. The molecule has 0 aromatic heterocycles. The van der Waals surface area contributed by atoms with Crippen molar-refractivity contribution < 1.29 is 14.7 Å². The van der Waals surface area contributed by atoms with Gasteiger partial charge in [0.25, 0.3) is 0 Å². The van der Waals surface area contributed by atoms with Crippen molar-refractivity contribution in [3.05, 3.63) is 64.7 Å². The van der Waals surface area contributed by atoms with Gasteiger partial charge >= 0.3 is 5.97 Å². The van der Waals surface area contributed by atoms with Crippen LogP contribution in [0.25, 0.3) is 0 Å². The van der Waals surface area contributed by atoms with Crippen molar-refractivity contribution in [3.63, 3.8) is 0 Å². The molecule has 0 saturated heterocycles. The molecule has 114 valence electrons. The van der Waals surface area contributed by atoms with Gasteiger partial charge in [-0.2, -0.15) is 0 Å². The standard InChI is InChI=1S/C18H19NO3/c1-2-3-7-12-10-11-14(18(21)22)16(19)15(12)17(20)13-8-5-4-6-9-13/h4-6,8-11H,2-3,7,19H2,1H3,(H,21,22). The summed E-state index contributed by atoms with van der Waals surface area (Å²) in [5.74, 6) is -1.35. The molecule has 0 fully saturated rings. The Morgan fingerprint density at radius 1 is 1.09 bits per heavy atom. The maximum absolute atomic E-state index is 12.8. The van der Waals surface area contributed by atoms with Crippen LogP contribution in [0.3, 0.4) is 0 Å². The van der Waals surface area contributed by atoms with Crippen LogP contribution in [-0.4, -0.2) is 16.9 Å². The third kappa shape index (κ3) is 3.17. The molecule has 0 radical (unpaired) electrons. The summed E-state index contributed by atoms with van der Waals surface area (Å²) in [4.78, 5) is 24.0. The van der Waals surface area contributed by atoms with Gasteiger partial charge in [-0.25, -0.2) is 4.79 Å². The second-order valence-corrected chi connectivity index (χ2v) is 5.16. The lowest BCUT2D eigenvalue weighted by Crippen LogP contribution is -2.13. The maximum Gasteiger partial charge on any atom is 0.337 e. The van der Waals surface area contributed by atoms with E-state index in [0.29, 0.717) is 17.5 Å². The van der Waals surface area contributed by atoms with E-state index in [2.05, 4.69) is 6.92 Å². The quantitative estimate of drug-likeness (QED) is 0.631. The van der Waals surface area contributed by atoms with Crippen LogP contribution < -0.4 is 5.73 Å². The fraction of sp³-hybridized carbons (Fsp3) is 0.222. The summed E-state index contributed by atoms with van der Waals surface area (Å²) in [6.07, 6.45) is 2.61. The molecular formula is C18H19NO3. The van der Waals surface area contributed by atoms with Crippen LogP contribution in [0.5, 0.6) is 0 Å². The van der Waals surface area contributed by atoms with E-state index < -0.39 is 5.97 Å². The highest BCUT2D eigenvalue weighted by Crippen LogP contribution is 2.26. The summed E-state index contributed by atoms with van der Waals surface area (Å²) in [6, 6.07) is 12.0. The normalized spacial score (nSPS) is 10.4. The lowest BCUT2D eigenvalue weighted by Gasteiger charge is -2.13. The Balaban J connectivity index is 2.56. The molecule has 0 spiro atoms. The van der Waals surface area contributed by atoms with Crippen LogP contribution in [-0.2, 0) is 6.42 Å². The molecule has 0 bridgehead atoms. The number of carbonyl (C=O) groups excluding carboxylic acids is 1. The number of hydrogen-bond donors (Lipinski definition) is 2. The fourth-order valence-corrected chi connectivity index (χ4v) is 2.43. The monoisotopic (exact) mass is 297 g/mol. The lowest BCUT2D eigenvalue weighted by atomic mass is 9.91. The molecule has 3 N–H and O–H groups in total. The molecule has 0 saturated carbocycles. The molecule has 0 unspecified atom stereocenters. The maximum atomic E-state index is 12.8. The average molecular weight is 297 g/mol. The first kappa shape index (κ1) is 15.8. The van der Waals surface area contributed by atoms with E-state index in [-0.39, 0.29) is 17.0 Å². The van der Waals surface area contributed by atoms with Gasteiger partial charge in [0.05, 0.1) is 11.3 Å². The number of nitrogen functional groups attached to an aromatic ring is 1. The van der Waals surface area contributed by atoms with E-state index in [4.69, 9.17) is 5.73 Å². The number of carbonyl (C=O) groups is 2. The molecule has 0 aliphatic carbocycles. The van der Waals surface area contributed by atoms with Gasteiger partial charge in [0, 0.05) is 11.1 Å². The molecule has 4 heteroatoms. The molecule has 2 aromatic rings. The number of rotatable bonds is 6. The van der Waals surface area contributed by atoms with Crippen molar-refractivity contribution in [2.75, 3.05) is 5.73 Å². The van der Waals surface area contributed by atoms with Crippen molar-refractivity contribution >= 4 is 17.4 Å². The van der Waals surface area contributed by atoms with Gasteiger partial charge in [-0.1, -0.05) is 49.7 Å². The molecule has 22 heavy (non-hydrogen) atoms. The van der Waals surface area contributed by atoms with Gasteiger partial charge in [0.15, 0.2) is 5.78 Å². The van der Waals surface area contributed by atoms with Crippen molar-refractivity contribution in [2.45, 2.75) is 26.2 Å². The predicted octanol–water partition coefficient (Wildman–Crippen LogP) is 3.54. The zero-order valence-electron chi connectivity index (χ0n) is 12.5. The molecule has 0 aliphatic rings. The minimum absolute atomic E-state index is 0.0282. The smallest absolute Gasteiger partial charge is 0.337 e. The molecule has 0 atom stereocenters. The zero-order valence-corrected chi connectivity index (χ0v) is 12.5. The molecule has 0 heterocycles. The number of anilines is 1. The molecular weight excluding hydrogens is 278 g/mol. The van der Waals surface area contributed by atoms with E-state index in [9.17, 15) is 14.7 Å². The van der Waals surface area contributed by atoms with E-state index in [1.165, 1.54) is 6.07 Å². The van der Waals surface area contributed by atoms with Crippen molar-refractivity contribution in [2.24, 2.45) is 0 Å². The summed E-state index contributed by atoms with van der Waals surface area (Å²) in [5.41, 5.74) is 7.65. The highest BCUT2D eigenvalue weighted by molar-refractivity contribution is 6.15. The number of aromatic carboxylic acids is 1. The van der Waals surface area contributed by atoms with Gasteiger partial charge in [-0.3, -0.25) is 4.79 Å². The van der Waals surface area contributed by atoms with E-state index in [1.54, 1.807) is 30.3 Å². The Bertz CT molecular complexity index is 693. The Hall–Kier alpha value is -2.62. The lowest BCUT2D eigenvalue weighted by molar-refractivity contribution is 0.0698. The van der Waals surface area contributed by atoms with Crippen LogP contribution >= 0.6 is 0 Å². The molecule has 0 aliphatic heterocycles. The third-order valence-electron chi connectivity index (χ3n) is 3.62. The first-order chi connectivity index (χ1) is 10.6. The number of unbranched alkanes of at least 4 members (excludes halogenated alkanes) is 1. The predicted molar refractivity (Wildman–Crippen MR) is 86.3 cm³/mol. The van der Waals surface area contributed by atoms with Gasteiger partial charge in [-0.05, 0) is 24.5 Å². The topological polar surface area (TPSA) is 80.4 Å². The number of carboxylic acids is 1. The van der Waals surface area contributed by atoms with E-state index in [0.717, 1.165) is 18.4 Å². The number of ketones is 1. The number of carboxylic acid groups (broad SMARTS) is 1. The molecule has 2 aromatic carbocycles. The van der Waals surface area contributed by atoms with Crippen LogP contribution in [0.2, 0.25) is 0 Å². The van der Waals surface area contributed by atoms with Crippen LogP contribution in [0.1, 0.15) is 51.6 Å². The Labute approximate surface area is 129 Å². The highest BCUT2D eigenvalue weighted by Gasteiger charge is 2.21. The summed E-state index contributed by atoms with van der Waals surface area (Å²) in [5, 5.41) is 9.22. The van der Waals surface area contributed by atoms with E-state index >= 15 is 0 Å². The number of hydrogen-bond acceptors (Lipinski definition) is 3. The summed E-state index contributed by atoms with van der Waals surface area (Å²) < 4.78 is 0. The van der Waals surface area contributed by atoms with Crippen LogP contribution in [0, 0.1) is 0 Å². The summed E-state index contributed by atoms with van der Waals surface area (Å²) in [7, 11) is 0. The zero-order chi connectivity index (χ0) is 16.1. The minimum Gasteiger partial charge on any atom is -0.478 e. The Morgan fingerprint density at radius 2 is 1.77 bits per heavy atom. The van der Waals surface area contributed by atoms with E-state index in [1.807, 2.05) is 6.07 Å². The van der Waals surface area contributed by atoms with Gasteiger partial charge < -0.3 is 10.8 Å². The SMILES string of the molecule is CCCCc1ccc(C(=O)O)c(N)c1C(=O)c1ccccc1. The molecule has 4 nitrogen and oxygen atoms in total. The van der Waals surface area contributed by atoms with Crippen LogP contribution in [0.15, 0.2) is 42.5 Å². The van der Waals surface area contributed by atoms with Gasteiger partial charge in [0.1, 0.15) is 0 Å². The van der Waals surface area contributed by atoms with Gasteiger partial charge in [-0.15, -0.1) is 0 Å². The van der Waals surface area contributed by atoms with Crippen molar-refractivity contribution in [3.8, 4) is 0 Å². The third-order valence-corrected chi connectivity index (χ3v) is 3.62. The number of aryl methyl sites for hydroxylation is 1. The fourth-order valence-electron chi connectivity index (χ4n) is 2.43. The number of benzene rings is 2. The first-order valence-electron chi connectivity index (χ1n) is 7.30. The average Bonchev–Trinajstić information content (AvgIpc) is 2.52. The van der Waals surface area contributed by atoms with Crippen molar-refractivity contribution in [1.29, 1.82) is 0 Å².